The molecule has 0 N–H and O–H groups in total. The topological polar surface area (TPSA) is 9.23 Å². The highest BCUT2D eigenvalue weighted by Gasteiger charge is 2.35. The summed E-state index contributed by atoms with van der Waals surface area (Å²) in [4.78, 5) is 0. The number of aryl methyl sites for hydroxylation is 1. The molecule has 4 rings (SSSR count). The third-order valence-electron chi connectivity index (χ3n) is 7.21. The maximum absolute atomic E-state index is 15.0. The molecule has 0 aliphatic heterocycles. The average Bonchev–Trinajstić information content (AvgIpc) is 2.87. The number of para-hydroxylation sites is 1. The molecular formula is C30H31F5O. The lowest BCUT2D eigenvalue weighted by Gasteiger charge is -2.28. The maximum atomic E-state index is 15.0. The third-order valence-corrected chi connectivity index (χ3v) is 7.21. The highest BCUT2D eigenvalue weighted by Crippen LogP contribution is 2.38. The van der Waals surface area contributed by atoms with Gasteiger partial charge in [-0.15, -0.1) is 0 Å². The Hall–Kier alpha value is -2.89. The van der Waals surface area contributed by atoms with Crippen molar-refractivity contribution in [1.82, 2.24) is 0 Å². The minimum Gasteiger partial charge on any atom is -0.428 e. The van der Waals surface area contributed by atoms with E-state index in [4.69, 9.17) is 4.74 Å². The molecule has 3 aromatic rings. The first-order valence-corrected chi connectivity index (χ1v) is 12.7. The van der Waals surface area contributed by atoms with Crippen LogP contribution in [0.1, 0.15) is 63.0 Å². The molecule has 0 saturated heterocycles. The predicted octanol–water partition coefficient (Wildman–Crippen LogP) is 9.44. The summed E-state index contributed by atoms with van der Waals surface area (Å²) in [5.74, 6) is -3.14. The standard InChI is InChI=1S/C30H31F5O/c1-2-5-20-8-10-21(11-9-20)12-13-22-14-16-24(17-15-22)30(34,35)36-28-7-4-3-6-25(28)23-18-26(31)29(33)27(32)19-23/h3-4,6-7,14-21H,2,5,8-13H2,1H3/t20-,21-. The summed E-state index contributed by atoms with van der Waals surface area (Å²) in [6.07, 6.45) is 5.86. The molecule has 192 valence electrons. The van der Waals surface area contributed by atoms with Crippen LogP contribution in [0, 0.1) is 29.3 Å². The first-order chi connectivity index (χ1) is 17.3. The molecule has 1 aliphatic rings. The molecule has 6 heteroatoms. The van der Waals surface area contributed by atoms with Crippen LogP contribution in [0.3, 0.4) is 0 Å². The Balaban J connectivity index is 1.42. The molecule has 36 heavy (non-hydrogen) atoms. The van der Waals surface area contributed by atoms with E-state index in [0.29, 0.717) is 5.92 Å². The third kappa shape index (κ3) is 6.26. The van der Waals surface area contributed by atoms with Gasteiger partial charge in [0.05, 0.1) is 5.56 Å². The van der Waals surface area contributed by atoms with Gasteiger partial charge >= 0.3 is 6.11 Å². The molecule has 0 amide bonds. The lowest BCUT2D eigenvalue weighted by atomic mass is 9.78. The Morgan fingerprint density at radius 1 is 0.806 bits per heavy atom. The molecule has 0 unspecified atom stereocenters. The number of benzene rings is 3. The van der Waals surface area contributed by atoms with Gasteiger partial charge in [-0.25, -0.2) is 13.2 Å². The van der Waals surface area contributed by atoms with Crippen molar-refractivity contribution < 1.29 is 26.7 Å². The molecule has 1 nitrogen and oxygen atoms in total. The van der Waals surface area contributed by atoms with E-state index in [2.05, 4.69) is 6.92 Å². The molecule has 3 aromatic carbocycles. The molecular weight excluding hydrogens is 471 g/mol. The fraction of sp³-hybridized carbons (Fsp3) is 0.400. The largest absolute Gasteiger partial charge is 0.428 e. The monoisotopic (exact) mass is 502 g/mol. The second kappa shape index (κ2) is 11.4. The summed E-state index contributed by atoms with van der Waals surface area (Å²) in [6.45, 7) is 2.23. The second-order valence-electron chi connectivity index (χ2n) is 9.78. The van der Waals surface area contributed by atoms with Gasteiger partial charge in [-0.05, 0) is 66.1 Å². The summed E-state index contributed by atoms with van der Waals surface area (Å²) in [5, 5.41) is 0. The minimum atomic E-state index is -3.68. The van der Waals surface area contributed by atoms with E-state index in [0.717, 1.165) is 36.5 Å². The van der Waals surface area contributed by atoms with Crippen LogP contribution in [0.15, 0.2) is 60.7 Å². The molecule has 0 atom stereocenters. The Bertz CT molecular complexity index is 1130. The van der Waals surface area contributed by atoms with Crippen molar-refractivity contribution >= 4 is 0 Å². The number of hydrogen-bond acceptors (Lipinski definition) is 1. The summed E-state index contributed by atoms with van der Waals surface area (Å²) in [6, 6.07) is 13.3. The minimum absolute atomic E-state index is 0.0280. The van der Waals surface area contributed by atoms with Crippen molar-refractivity contribution in [3.63, 3.8) is 0 Å². The van der Waals surface area contributed by atoms with E-state index in [1.807, 2.05) is 0 Å². The van der Waals surface area contributed by atoms with Crippen molar-refractivity contribution in [2.24, 2.45) is 11.8 Å². The average molecular weight is 503 g/mol. The van der Waals surface area contributed by atoms with E-state index in [-0.39, 0.29) is 22.4 Å². The maximum Gasteiger partial charge on any atom is 0.426 e. The second-order valence-corrected chi connectivity index (χ2v) is 9.78. The molecule has 1 aliphatic carbocycles. The van der Waals surface area contributed by atoms with Crippen LogP contribution in [0.2, 0.25) is 0 Å². The Morgan fingerprint density at radius 3 is 2.00 bits per heavy atom. The first-order valence-electron chi connectivity index (χ1n) is 12.7. The van der Waals surface area contributed by atoms with Crippen molar-refractivity contribution in [3.05, 3.63) is 89.2 Å². The van der Waals surface area contributed by atoms with Gasteiger partial charge < -0.3 is 4.74 Å². The molecule has 0 aromatic heterocycles. The zero-order valence-corrected chi connectivity index (χ0v) is 20.4. The van der Waals surface area contributed by atoms with E-state index < -0.39 is 23.6 Å². The van der Waals surface area contributed by atoms with Gasteiger partial charge in [-0.2, -0.15) is 8.78 Å². The normalized spacial score (nSPS) is 18.3. The molecule has 1 fully saturated rings. The number of ether oxygens (including phenoxy) is 1. The fourth-order valence-electron chi connectivity index (χ4n) is 5.16. The highest BCUT2D eigenvalue weighted by atomic mass is 19.3. The number of hydrogen-bond donors (Lipinski definition) is 0. The van der Waals surface area contributed by atoms with Crippen LogP contribution < -0.4 is 4.74 Å². The SMILES string of the molecule is CCC[C@H]1CC[C@H](CCc2ccc(C(F)(F)Oc3ccccc3-c3cc(F)c(F)c(F)c3)cc2)CC1. The Labute approximate surface area is 209 Å². The van der Waals surface area contributed by atoms with Crippen LogP contribution in [0.4, 0.5) is 22.0 Å². The molecule has 0 heterocycles. The summed E-state index contributed by atoms with van der Waals surface area (Å²) in [7, 11) is 0. The van der Waals surface area contributed by atoms with E-state index in [9.17, 15) is 13.2 Å². The molecule has 0 spiro atoms. The van der Waals surface area contributed by atoms with Gasteiger partial charge in [0, 0.05) is 5.56 Å². The lowest BCUT2D eigenvalue weighted by Crippen LogP contribution is -2.22. The van der Waals surface area contributed by atoms with Crippen molar-refractivity contribution in [2.45, 2.75) is 64.4 Å². The smallest absolute Gasteiger partial charge is 0.426 e. The van der Waals surface area contributed by atoms with Gasteiger partial charge in [-0.3, -0.25) is 0 Å². The zero-order valence-electron chi connectivity index (χ0n) is 20.4. The van der Waals surface area contributed by atoms with Crippen LogP contribution in [0.25, 0.3) is 11.1 Å². The zero-order chi connectivity index (χ0) is 25.7. The number of halogens is 5. The quantitative estimate of drug-likeness (QED) is 0.209. The highest BCUT2D eigenvalue weighted by molar-refractivity contribution is 5.70. The lowest BCUT2D eigenvalue weighted by molar-refractivity contribution is -0.185. The Morgan fingerprint density at radius 2 is 1.39 bits per heavy atom. The van der Waals surface area contributed by atoms with E-state index in [1.165, 1.54) is 74.9 Å². The fourth-order valence-corrected chi connectivity index (χ4v) is 5.16. The number of rotatable bonds is 9. The van der Waals surface area contributed by atoms with Gasteiger partial charge in [-0.1, -0.05) is 75.8 Å². The molecule has 0 radical (unpaired) electrons. The number of alkyl halides is 2. The first kappa shape index (κ1) is 26.2. The van der Waals surface area contributed by atoms with E-state index >= 15 is 8.78 Å². The van der Waals surface area contributed by atoms with Crippen molar-refractivity contribution in [3.8, 4) is 16.9 Å². The van der Waals surface area contributed by atoms with Gasteiger partial charge in [0.15, 0.2) is 17.5 Å². The summed E-state index contributed by atoms with van der Waals surface area (Å²) in [5.41, 5.74) is 0.609. The van der Waals surface area contributed by atoms with E-state index in [1.54, 1.807) is 12.1 Å². The predicted molar refractivity (Wildman–Crippen MR) is 131 cm³/mol. The van der Waals surface area contributed by atoms with Crippen LogP contribution in [-0.4, -0.2) is 0 Å². The van der Waals surface area contributed by atoms with Crippen LogP contribution in [0.5, 0.6) is 5.75 Å². The van der Waals surface area contributed by atoms with Crippen LogP contribution >= 0.6 is 0 Å². The molecule has 0 bridgehead atoms. The summed E-state index contributed by atoms with van der Waals surface area (Å²) >= 11 is 0. The van der Waals surface area contributed by atoms with Gasteiger partial charge in [0.2, 0.25) is 0 Å². The van der Waals surface area contributed by atoms with Gasteiger partial charge in [0.25, 0.3) is 0 Å². The summed E-state index contributed by atoms with van der Waals surface area (Å²) < 4.78 is 75.9. The van der Waals surface area contributed by atoms with Gasteiger partial charge in [0.1, 0.15) is 5.75 Å². The van der Waals surface area contributed by atoms with Crippen LogP contribution in [-0.2, 0) is 12.5 Å². The Kier molecular flexibility index (Phi) is 8.32. The van der Waals surface area contributed by atoms with Crippen molar-refractivity contribution in [1.29, 1.82) is 0 Å². The molecule has 1 saturated carbocycles. The van der Waals surface area contributed by atoms with Crippen molar-refractivity contribution in [2.75, 3.05) is 0 Å².